The van der Waals surface area contributed by atoms with Crippen molar-refractivity contribution < 1.29 is 14.0 Å². The molecule has 2 aromatic rings. The second-order valence-corrected chi connectivity index (χ2v) is 11.5. The predicted molar refractivity (Wildman–Crippen MR) is 142 cm³/mol. The Kier molecular flexibility index (Phi) is 8.63. The fraction of sp³-hybridized carbons (Fsp3) is 0.478. The summed E-state index contributed by atoms with van der Waals surface area (Å²) in [7, 11) is 0. The number of hydrogen-bond acceptors (Lipinski definition) is 5. The van der Waals surface area contributed by atoms with E-state index in [9.17, 15) is 14.0 Å². The zero-order valence-corrected chi connectivity index (χ0v) is 22.4. The maximum absolute atomic E-state index is 14.6. The summed E-state index contributed by atoms with van der Waals surface area (Å²) in [5, 5.41) is 13.1. The summed E-state index contributed by atoms with van der Waals surface area (Å²) in [6, 6.07) is 5.13. The first-order valence-electron chi connectivity index (χ1n) is 10.9. The van der Waals surface area contributed by atoms with Crippen LogP contribution in [0.25, 0.3) is 0 Å². The van der Waals surface area contributed by atoms with Crippen LogP contribution in [0, 0.1) is 14.8 Å². The van der Waals surface area contributed by atoms with Crippen LogP contribution < -0.4 is 21.3 Å². The van der Waals surface area contributed by atoms with E-state index in [0.717, 1.165) is 34.9 Å². The molecular weight excluding hydrogens is 578 g/mol. The first kappa shape index (κ1) is 26.2. The molecule has 1 aromatic heterocycles. The van der Waals surface area contributed by atoms with Crippen LogP contribution in [0.5, 0.6) is 0 Å². The molecule has 180 valence electrons. The zero-order valence-electron chi connectivity index (χ0n) is 18.6. The van der Waals surface area contributed by atoms with Gasteiger partial charge in [0.2, 0.25) is 0 Å². The van der Waals surface area contributed by atoms with Gasteiger partial charge in [-0.3, -0.25) is 9.59 Å². The molecule has 2 aliphatic heterocycles. The number of benzene rings is 1. The Labute approximate surface area is 217 Å². The molecule has 4 N–H and O–H groups in total. The minimum absolute atomic E-state index is 0. The van der Waals surface area contributed by atoms with Gasteiger partial charge >= 0.3 is 0 Å². The van der Waals surface area contributed by atoms with Gasteiger partial charge in [-0.05, 0) is 77.6 Å². The number of halogens is 3. The van der Waals surface area contributed by atoms with E-state index in [-0.39, 0.29) is 41.4 Å². The summed E-state index contributed by atoms with van der Waals surface area (Å²) in [5.41, 5.74) is 1.26. The number of carbonyl (C=O) groups is 2. The van der Waals surface area contributed by atoms with Gasteiger partial charge in [0.05, 0.1) is 16.1 Å². The largest absolute Gasteiger partial charge is 0.351 e. The molecule has 1 fully saturated rings. The molecule has 33 heavy (non-hydrogen) atoms. The smallest absolute Gasteiger partial charge is 0.261 e. The van der Waals surface area contributed by atoms with Gasteiger partial charge in [-0.25, -0.2) is 4.39 Å². The van der Waals surface area contributed by atoms with Gasteiger partial charge in [0.15, 0.2) is 0 Å². The van der Waals surface area contributed by atoms with E-state index < -0.39 is 5.82 Å². The number of rotatable bonds is 5. The Morgan fingerprint density at radius 3 is 2.82 bits per heavy atom. The molecule has 3 heterocycles. The Hall–Kier alpha value is -1.43. The van der Waals surface area contributed by atoms with Gasteiger partial charge in [-0.2, -0.15) is 0 Å². The number of anilines is 2. The molecule has 6 nitrogen and oxygen atoms in total. The molecule has 1 atom stereocenters. The highest BCUT2D eigenvalue weighted by Crippen LogP contribution is 2.40. The molecular formula is C23H29ClFIN4O2S. The van der Waals surface area contributed by atoms with E-state index in [1.54, 1.807) is 12.1 Å². The minimum Gasteiger partial charge on any atom is -0.351 e. The van der Waals surface area contributed by atoms with Crippen molar-refractivity contribution in [2.75, 3.05) is 25.0 Å². The summed E-state index contributed by atoms with van der Waals surface area (Å²) < 4.78 is 15.3. The fourth-order valence-corrected chi connectivity index (χ4v) is 5.80. The lowest BCUT2D eigenvalue weighted by molar-refractivity contribution is 0.0942. The highest BCUT2D eigenvalue weighted by Gasteiger charge is 2.34. The van der Waals surface area contributed by atoms with E-state index in [0.29, 0.717) is 35.0 Å². The Balaban J connectivity index is 0.00000306. The molecule has 1 unspecified atom stereocenters. The summed E-state index contributed by atoms with van der Waals surface area (Å²) in [4.78, 5) is 26.7. The van der Waals surface area contributed by atoms with Crippen LogP contribution in [0.2, 0.25) is 0 Å². The standard InChI is InChI=1S/C23H28FIN4O2S.ClH/c1-23(2)10-15-18(20(30)27-11-14-5-3-4-8-26-14)22(32-19(15)21(31)28-12-23)29-17-7-6-13(25)9-16(17)24;/h6-7,9,14,26,29H,3-5,8,10-12H2,1-2H3,(H,27,30)(H,28,31);1H. The number of fused-ring (bicyclic) bond motifs is 1. The van der Waals surface area contributed by atoms with Gasteiger partial charge in [0.1, 0.15) is 10.8 Å². The summed E-state index contributed by atoms with van der Waals surface area (Å²) in [6.07, 6.45) is 3.91. The topological polar surface area (TPSA) is 82.3 Å². The molecule has 4 rings (SSSR count). The maximum Gasteiger partial charge on any atom is 0.261 e. The summed E-state index contributed by atoms with van der Waals surface area (Å²) >= 11 is 3.27. The molecule has 1 aromatic carbocycles. The normalized spacial score (nSPS) is 19.5. The number of amides is 2. The molecule has 0 radical (unpaired) electrons. The van der Waals surface area contributed by atoms with Crippen molar-refractivity contribution in [3.05, 3.63) is 43.6 Å². The van der Waals surface area contributed by atoms with Crippen LogP contribution in [-0.2, 0) is 6.42 Å². The number of carbonyl (C=O) groups excluding carboxylic acids is 2. The third kappa shape index (κ3) is 6.17. The van der Waals surface area contributed by atoms with Crippen molar-refractivity contribution in [2.24, 2.45) is 5.41 Å². The number of thiophene rings is 1. The highest BCUT2D eigenvalue weighted by atomic mass is 127. The molecule has 2 aliphatic rings. The monoisotopic (exact) mass is 606 g/mol. The lowest BCUT2D eigenvalue weighted by atomic mass is 9.85. The molecule has 0 spiro atoms. The number of piperidine rings is 1. The van der Waals surface area contributed by atoms with Gasteiger partial charge < -0.3 is 21.3 Å². The molecule has 1 saturated heterocycles. The fourth-order valence-electron chi connectivity index (χ4n) is 4.20. The van der Waals surface area contributed by atoms with Gasteiger partial charge in [0, 0.05) is 22.7 Å². The molecule has 0 saturated carbocycles. The van der Waals surface area contributed by atoms with Crippen molar-refractivity contribution in [2.45, 2.75) is 45.6 Å². The van der Waals surface area contributed by atoms with Crippen LogP contribution in [0.3, 0.4) is 0 Å². The van der Waals surface area contributed by atoms with Crippen LogP contribution in [0.4, 0.5) is 15.1 Å². The Morgan fingerprint density at radius 1 is 1.33 bits per heavy atom. The van der Waals surface area contributed by atoms with E-state index in [2.05, 4.69) is 57.7 Å². The second-order valence-electron chi connectivity index (χ2n) is 9.24. The first-order chi connectivity index (χ1) is 15.2. The molecule has 10 heteroatoms. The number of hydrogen-bond donors (Lipinski definition) is 4. The van der Waals surface area contributed by atoms with Crippen molar-refractivity contribution in [1.29, 1.82) is 0 Å². The van der Waals surface area contributed by atoms with Crippen molar-refractivity contribution in [1.82, 2.24) is 16.0 Å². The highest BCUT2D eigenvalue weighted by molar-refractivity contribution is 14.1. The lowest BCUT2D eigenvalue weighted by Gasteiger charge is -2.24. The molecule has 2 amide bonds. The maximum atomic E-state index is 14.6. The quantitative estimate of drug-likeness (QED) is 0.367. The zero-order chi connectivity index (χ0) is 22.9. The molecule has 0 aliphatic carbocycles. The van der Waals surface area contributed by atoms with E-state index >= 15 is 0 Å². The third-order valence-corrected chi connectivity index (χ3v) is 7.74. The van der Waals surface area contributed by atoms with Crippen LogP contribution in [-0.4, -0.2) is 37.5 Å². The predicted octanol–water partition coefficient (Wildman–Crippen LogP) is 4.84. The van der Waals surface area contributed by atoms with Crippen molar-refractivity contribution >= 4 is 68.8 Å². The van der Waals surface area contributed by atoms with Gasteiger partial charge in [-0.1, -0.05) is 20.3 Å². The third-order valence-electron chi connectivity index (χ3n) is 5.92. The average molecular weight is 607 g/mol. The van der Waals surface area contributed by atoms with Crippen LogP contribution >= 0.6 is 46.3 Å². The van der Waals surface area contributed by atoms with Crippen molar-refractivity contribution in [3.8, 4) is 0 Å². The second kappa shape index (κ2) is 10.9. The van der Waals surface area contributed by atoms with Crippen LogP contribution in [0.1, 0.15) is 58.7 Å². The Bertz CT molecular complexity index is 1040. The number of nitrogens with one attached hydrogen (secondary N) is 4. The molecule has 0 bridgehead atoms. The van der Waals surface area contributed by atoms with Gasteiger partial charge in [0.25, 0.3) is 11.8 Å². The SMILES string of the molecule is CC1(C)CNC(=O)c2sc(Nc3ccc(I)cc3F)c(C(=O)NCC3CCCCN3)c2C1.Cl. The summed E-state index contributed by atoms with van der Waals surface area (Å²) in [5.74, 6) is -0.813. The summed E-state index contributed by atoms with van der Waals surface area (Å²) in [6.45, 7) is 6.16. The Morgan fingerprint density at radius 2 is 2.12 bits per heavy atom. The first-order valence-corrected chi connectivity index (χ1v) is 12.8. The minimum atomic E-state index is -0.400. The van der Waals surface area contributed by atoms with Crippen molar-refractivity contribution in [3.63, 3.8) is 0 Å². The lowest BCUT2D eigenvalue weighted by Crippen LogP contribution is -2.43. The van der Waals surface area contributed by atoms with E-state index in [1.165, 1.54) is 17.4 Å². The van der Waals surface area contributed by atoms with E-state index in [1.807, 2.05) is 0 Å². The van der Waals surface area contributed by atoms with E-state index in [4.69, 9.17) is 0 Å². The van der Waals surface area contributed by atoms with Crippen LogP contribution in [0.15, 0.2) is 18.2 Å². The van der Waals surface area contributed by atoms with Gasteiger partial charge in [-0.15, -0.1) is 23.7 Å². The average Bonchev–Trinajstić information content (AvgIpc) is 3.05.